The molecule has 6 nitrogen and oxygen atoms in total. The number of hydrogen-bond donors (Lipinski definition) is 1. The lowest BCUT2D eigenvalue weighted by atomic mass is 10.2. The monoisotopic (exact) mass is 419 g/mol. The molecule has 1 unspecified atom stereocenters. The number of fused-ring (bicyclic) bond motifs is 1. The molecule has 0 aromatic heterocycles. The van der Waals surface area contributed by atoms with Crippen molar-refractivity contribution in [1.29, 1.82) is 0 Å². The summed E-state index contributed by atoms with van der Waals surface area (Å²) in [4.78, 5) is 13.6. The molecule has 1 atom stereocenters. The largest absolute Gasteiger partial charge is 0.490 e. The van der Waals surface area contributed by atoms with Gasteiger partial charge in [0.2, 0.25) is 0 Å². The molecule has 2 aliphatic rings. The second-order valence-corrected chi connectivity index (χ2v) is 10.4. The lowest BCUT2D eigenvalue weighted by molar-refractivity contribution is 0.102. The third-order valence-electron chi connectivity index (χ3n) is 4.62. The molecule has 2 aliphatic heterocycles. The van der Waals surface area contributed by atoms with Crippen LogP contribution in [0.1, 0.15) is 23.2 Å². The van der Waals surface area contributed by atoms with Crippen molar-refractivity contribution in [2.24, 2.45) is 0 Å². The zero-order valence-corrected chi connectivity index (χ0v) is 16.9. The van der Waals surface area contributed by atoms with Crippen molar-refractivity contribution in [2.45, 2.75) is 23.0 Å². The molecule has 2 heterocycles. The van der Waals surface area contributed by atoms with Gasteiger partial charge in [-0.3, -0.25) is 4.79 Å². The van der Waals surface area contributed by atoms with Gasteiger partial charge in [0.1, 0.15) is 0 Å². The summed E-state index contributed by atoms with van der Waals surface area (Å²) in [6.45, 7) is 1.19. The molecule has 1 fully saturated rings. The Morgan fingerprint density at radius 2 is 1.86 bits per heavy atom. The van der Waals surface area contributed by atoms with Gasteiger partial charge in [0, 0.05) is 28.3 Å². The van der Waals surface area contributed by atoms with Gasteiger partial charge < -0.3 is 14.8 Å². The molecule has 2 aromatic rings. The maximum atomic E-state index is 12.9. The number of amides is 1. The Balaban J connectivity index is 1.50. The van der Waals surface area contributed by atoms with Crippen molar-refractivity contribution in [2.75, 3.05) is 30.0 Å². The summed E-state index contributed by atoms with van der Waals surface area (Å²) < 4.78 is 34.7. The highest BCUT2D eigenvalue weighted by Gasteiger charge is 2.29. The van der Waals surface area contributed by atoms with Crippen molar-refractivity contribution >= 4 is 33.2 Å². The molecule has 1 N–H and O–H groups in total. The van der Waals surface area contributed by atoms with E-state index in [0.29, 0.717) is 42.4 Å². The molecule has 2 aromatic carbocycles. The number of carbonyl (C=O) groups excluding carboxylic acids is 1. The number of benzene rings is 2. The highest BCUT2D eigenvalue weighted by molar-refractivity contribution is 8.02. The Hall–Kier alpha value is -2.19. The fourth-order valence-corrected chi connectivity index (χ4v) is 6.86. The summed E-state index contributed by atoms with van der Waals surface area (Å²) in [5.74, 6) is 1.44. The Labute approximate surface area is 168 Å². The molecule has 0 bridgehead atoms. The molecule has 0 spiro atoms. The minimum Gasteiger partial charge on any atom is -0.490 e. The fraction of sp³-hybridized carbons (Fsp3) is 0.350. The average Bonchev–Trinajstić information content (AvgIpc) is 2.87. The number of rotatable bonds is 4. The van der Waals surface area contributed by atoms with Gasteiger partial charge in [-0.15, -0.1) is 11.8 Å². The van der Waals surface area contributed by atoms with Crippen LogP contribution in [0.5, 0.6) is 11.5 Å². The third kappa shape index (κ3) is 4.44. The predicted octanol–water partition coefficient (Wildman–Crippen LogP) is 3.38. The Morgan fingerprint density at radius 3 is 2.64 bits per heavy atom. The van der Waals surface area contributed by atoms with Crippen LogP contribution in [0.2, 0.25) is 0 Å². The van der Waals surface area contributed by atoms with E-state index in [1.54, 1.807) is 30.3 Å². The number of hydrogen-bond acceptors (Lipinski definition) is 6. The minimum atomic E-state index is -2.96. The van der Waals surface area contributed by atoms with Crippen molar-refractivity contribution in [3.8, 4) is 11.5 Å². The summed E-state index contributed by atoms with van der Waals surface area (Å²) in [6.07, 6.45) is 1.43. The van der Waals surface area contributed by atoms with Crippen LogP contribution >= 0.6 is 11.8 Å². The van der Waals surface area contributed by atoms with Crippen LogP contribution in [0, 0.1) is 0 Å². The van der Waals surface area contributed by atoms with E-state index in [1.807, 2.05) is 12.1 Å². The van der Waals surface area contributed by atoms with E-state index in [4.69, 9.17) is 9.47 Å². The standard InChI is InChI=1S/C20H21NO5S2/c22-20(21-14-6-7-17-18(12-14)26-10-3-9-25-17)16-4-1-2-5-19(16)27-15-8-11-28(23,24)13-15/h1-2,4-7,12,15H,3,8-11,13H2,(H,21,22). The maximum absolute atomic E-state index is 12.9. The average molecular weight is 420 g/mol. The van der Waals surface area contributed by atoms with E-state index >= 15 is 0 Å². The highest BCUT2D eigenvalue weighted by atomic mass is 32.2. The Morgan fingerprint density at radius 1 is 1.07 bits per heavy atom. The summed E-state index contributed by atoms with van der Waals surface area (Å²) in [5, 5.41) is 2.89. The highest BCUT2D eigenvalue weighted by Crippen LogP contribution is 2.35. The molecule has 1 saturated heterocycles. The van der Waals surface area contributed by atoms with Gasteiger partial charge in [0.05, 0.1) is 30.3 Å². The van der Waals surface area contributed by atoms with Crippen LogP contribution in [0.3, 0.4) is 0 Å². The van der Waals surface area contributed by atoms with Gasteiger partial charge in [0.25, 0.3) is 5.91 Å². The first kappa shape index (κ1) is 19.1. The van der Waals surface area contributed by atoms with Gasteiger partial charge in [0.15, 0.2) is 21.3 Å². The van der Waals surface area contributed by atoms with Crippen LogP contribution in [0.4, 0.5) is 5.69 Å². The second-order valence-electron chi connectivity index (χ2n) is 6.81. The normalized spacial score (nSPS) is 20.4. The number of thioether (sulfide) groups is 1. The van der Waals surface area contributed by atoms with Gasteiger partial charge in [-0.25, -0.2) is 8.42 Å². The number of sulfone groups is 1. The van der Waals surface area contributed by atoms with Gasteiger partial charge >= 0.3 is 0 Å². The van der Waals surface area contributed by atoms with Crippen molar-refractivity contribution in [3.63, 3.8) is 0 Å². The molecule has 0 aliphatic carbocycles. The first-order valence-electron chi connectivity index (χ1n) is 9.17. The molecule has 8 heteroatoms. The van der Waals surface area contributed by atoms with E-state index in [2.05, 4.69) is 5.32 Å². The molecule has 0 saturated carbocycles. The number of nitrogens with one attached hydrogen (secondary N) is 1. The summed E-state index contributed by atoms with van der Waals surface area (Å²) in [5.41, 5.74) is 1.15. The number of carbonyl (C=O) groups is 1. The lowest BCUT2D eigenvalue weighted by Crippen LogP contribution is -2.14. The quantitative estimate of drug-likeness (QED) is 0.818. The van der Waals surface area contributed by atoms with E-state index in [0.717, 1.165) is 11.3 Å². The summed E-state index contributed by atoms with van der Waals surface area (Å²) >= 11 is 1.46. The van der Waals surface area contributed by atoms with Crippen LogP contribution in [0.25, 0.3) is 0 Å². The van der Waals surface area contributed by atoms with E-state index < -0.39 is 9.84 Å². The zero-order valence-electron chi connectivity index (χ0n) is 15.2. The van der Waals surface area contributed by atoms with E-state index in [9.17, 15) is 13.2 Å². The maximum Gasteiger partial charge on any atom is 0.256 e. The number of ether oxygens (including phenoxy) is 2. The zero-order chi connectivity index (χ0) is 19.6. The molecule has 0 radical (unpaired) electrons. The van der Waals surface area contributed by atoms with E-state index in [1.165, 1.54) is 11.8 Å². The third-order valence-corrected chi connectivity index (χ3v) is 7.95. The van der Waals surface area contributed by atoms with Crippen molar-refractivity contribution < 1.29 is 22.7 Å². The van der Waals surface area contributed by atoms with E-state index in [-0.39, 0.29) is 22.7 Å². The molecular weight excluding hydrogens is 398 g/mol. The Bertz CT molecular complexity index is 990. The second kappa shape index (κ2) is 8.05. The summed E-state index contributed by atoms with van der Waals surface area (Å²) in [6, 6.07) is 12.6. The number of anilines is 1. The van der Waals surface area contributed by atoms with Crippen molar-refractivity contribution in [1.82, 2.24) is 0 Å². The van der Waals surface area contributed by atoms with Crippen LogP contribution < -0.4 is 14.8 Å². The molecule has 28 heavy (non-hydrogen) atoms. The molecular formula is C20H21NO5S2. The minimum absolute atomic E-state index is 0.0167. The first-order chi connectivity index (χ1) is 13.5. The fourth-order valence-electron chi connectivity index (χ4n) is 3.23. The molecule has 148 valence electrons. The summed E-state index contributed by atoms with van der Waals surface area (Å²) in [7, 11) is -2.96. The van der Waals surface area contributed by atoms with Crippen LogP contribution in [-0.2, 0) is 9.84 Å². The topological polar surface area (TPSA) is 81.7 Å². The van der Waals surface area contributed by atoms with Crippen LogP contribution in [0.15, 0.2) is 47.4 Å². The van der Waals surface area contributed by atoms with Gasteiger partial charge in [-0.2, -0.15) is 0 Å². The molecule has 4 rings (SSSR count). The molecule has 1 amide bonds. The Kier molecular flexibility index (Phi) is 5.50. The lowest BCUT2D eigenvalue weighted by Gasteiger charge is -2.14. The first-order valence-corrected chi connectivity index (χ1v) is 11.9. The SMILES string of the molecule is O=C(Nc1ccc2c(c1)OCCCO2)c1ccccc1SC1CCS(=O)(=O)C1. The van der Waals surface area contributed by atoms with Crippen LogP contribution in [-0.4, -0.2) is 44.3 Å². The smallest absolute Gasteiger partial charge is 0.256 e. The predicted molar refractivity (Wildman–Crippen MR) is 109 cm³/mol. The van der Waals surface area contributed by atoms with Crippen molar-refractivity contribution in [3.05, 3.63) is 48.0 Å². The van der Waals surface area contributed by atoms with Gasteiger partial charge in [-0.1, -0.05) is 12.1 Å². The van der Waals surface area contributed by atoms with Gasteiger partial charge in [-0.05, 0) is 30.7 Å².